The molecule has 0 aliphatic heterocycles. The third kappa shape index (κ3) is 2.92. The van der Waals surface area contributed by atoms with E-state index < -0.39 is 12.0 Å². The molecule has 21 heavy (non-hydrogen) atoms. The fraction of sp³-hybridized carbons (Fsp3) is 0.286. The first-order valence-corrected chi connectivity index (χ1v) is 7.19. The van der Waals surface area contributed by atoms with Gasteiger partial charge in [0.25, 0.3) is 0 Å². The molecule has 0 bridgehead atoms. The number of aromatic nitrogens is 1. The number of hydrogen-bond donors (Lipinski definition) is 3. The summed E-state index contributed by atoms with van der Waals surface area (Å²) in [6.45, 7) is 7.30. The highest BCUT2D eigenvalue weighted by Gasteiger charge is 2.20. The Kier molecular flexibility index (Phi) is 4.04. The fourth-order valence-electron chi connectivity index (χ4n) is 2.05. The van der Waals surface area contributed by atoms with Gasteiger partial charge in [-0.15, -0.1) is 11.3 Å². The summed E-state index contributed by atoms with van der Waals surface area (Å²) >= 11 is 1.26. The molecule has 0 spiro atoms. The van der Waals surface area contributed by atoms with Crippen LogP contribution in [-0.2, 0) is 0 Å². The van der Waals surface area contributed by atoms with E-state index in [0.29, 0.717) is 10.6 Å². The highest BCUT2D eigenvalue weighted by Crippen LogP contribution is 2.32. The standard InChI is InChI=1S/C14H17N3O3S/c1-7-5-6-8(2)17(7)16-14(20)15-12-11(13(18)19)9(3)10(4)21-12/h5-6H,1-4H3,(H,18,19)(H2,15,16,20). The van der Waals surface area contributed by atoms with Gasteiger partial charge in [-0.05, 0) is 45.4 Å². The van der Waals surface area contributed by atoms with Crippen LogP contribution in [0.1, 0.15) is 32.2 Å². The van der Waals surface area contributed by atoms with Crippen LogP contribution in [0.25, 0.3) is 0 Å². The molecule has 0 radical (unpaired) electrons. The van der Waals surface area contributed by atoms with E-state index in [1.165, 1.54) is 11.3 Å². The highest BCUT2D eigenvalue weighted by molar-refractivity contribution is 7.16. The van der Waals surface area contributed by atoms with E-state index >= 15 is 0 Å². The number of aromatic carboxylic acids is 1. The van der Waals surface area contributed by atoms with Gasteiger partial charge in [-0.3, -0.25) is 9.99 Å². The Morgan fingerprint density at radius 1 is 1.14 bits per heavy atom. The number of anilines is 1. The molecule has 0 atom stereocenters. The maximum atomic E-state index is 12.1. The minimum atomic E-state index is -1.04. The molecule has 2 heterocycles. The first kappa shape index (κ1) is 15.1. The van der Waals surface area contributed by atoms with Crippen LogP contribution in [0.2, 0.25) is 0 Å². The predicted octanol–water partition coefficient (Wildman–Crippen LogP) is 3.26. The molecule has 0 aromatic carbocycles. The molecule has 2 rings (SSSR count). The van der Waals surface area contributed by atoms with Crippen molar-refractivity contribution < 1.29 is 14.7 Å². The van der Waals surface area contributed by atoms with Gasteiger partial charge in [-0.1, -0.05) is 0 Å². The molecule has 2 amide bonds. The summed E-state index contributed by atoms with van der Waals surface area (Å²) in [4.78, 5) is 24.2. The van der Waals surface area contributed by atoms with Crippen LogP contribution in [0.3, 0.4) is 0 Å². The number of amides is 2. The first-order chi connectivity index (χ1) is 9.81. The van der Waals surface area contributed by atoms with E-state index in [9.17, 15) is 14.7 Å². The van der Waals surface area contributed by atoms with Crippen LogP contribution in [0.15, 0.2) is 12.1 Å². The number of thiophene rings is 1. The summed E-state index contributed by atoms with van der Waals surface area (Å²) in [6, 6.07) is 3.30. The van der Waals surface area contributed by atoms with E-state index in [0.717, 1.165) is 16.3 Å². The zero-order chi connectivity index (χ0) is 15.7. The van der Waals surface area contributed by atoms with E-state index in [4.69, 9.17) is 0 Å². The van der Waals surface area contributed by atoms with Crippen molar-refractivity contribution in [2.45, 2.75) is 27.7 Å². The van der Waals surface area contributed by atoms with Gasteiger partial charge in [0.1, 0.15) is 5.00 Å². The number of aryl methyl sites for hydroxylation is 3. The average Bonchev–Trinajstić information content (AvgIpc) is 2.83. The Morgan fingerprint density at radius 2 is 1.71 bits per heavy atom. The van der Waals surface area contributed by atoms with Crippen LogP contribution < -0.4 is 10.7 Å². The number of carboxylic acid groups (broad SMARTS) is 1. The van der Waals surface area contributed by atoms with E-state index in [1.54, 1.807) is 11.6 Å². The molecule has 2 aromatic heterocycles. The van der Waals surface area contributed by atoms with Crippen molar-refractivity contribution in [2.24, 2.45) is 0 Å². The summed E-state index contributed by atoms with van der Waals surface area (Å²) < 4.78 is 1.64. The molecule has 0 saturated heterocycles. The number of urea groups is 1. The smallest absolute Gasteiger partial charge is 0.338 e. The maximum Gasteiger partial charge on any atom is 0.338 e. The van der Waals surface area contributed by atoms with E-state index in [1.807, 2.05) is 32.9 Å². The topological polar surface area (TPSA) is 83.4 Å². The third-order valence-corrected chi connectivity index (χ3v) is 4.43. The molecule has 0 unspecified atom stereocenters. The predicted molar refractivity (Wildman–Crippen MR) is 83.0 cm³/mol. The summed E-state index contributed by atoms with van der Waals surface area (Å²) in [5.74, 6) is -1.04. The normalized spacial score (nSPS) is 10.5. The van der Waals surface area contributed by atoms with Crippen LogP contribution in [0.4, 0.5) is 9.80 Å². The fourth-order valence-corrected chi connectivity index (χ4v) is 3.10. The molecule has 0 aliphatic rings. The first-order valence-electron chi connectivity index (χ1n) is 6.37. The Labute approximate surface area is 126 Å². The van der Waals surface area contributed by atoms with Crippen molar-refractivity contribution in [3.05, 3.63) is 39.5 Å². The Hall–Kier alpha value is -2.28. The number of nitrogens with one attached hydrogen (secondary N) is 2. The lowest BCUT2D eigenvalue weighted by Crippen LogP contribution is -2.29. The molecule has 0 aliphatic carbocycles. The van der Waals surface area contributed by atoms with Gasteiger partial charge >= 0.3 is 12.0 Å². The quantitative estimate of drug-likeness (QED) is 0.814. The van der Waals surface area contributed by atoms with Gasteiger partial charge in [0.15, 0.2) is 0 Å². The molecular formula is C14H17N3O3S. The van der Waals surface area contributed by atoms with Crippen molar-refractivity contribution >= 4 is 28.3 Å². The molecule has 0 saturated carbocycles. The SMILES string of the molecule is Cc1sc(NC(=O)Nn2c(C)ccc2C)c(C(=O)O)c1C. The largest absolute Gasteiger partial charge is 0.478 e. The monoisotopic (exact) mass is 307 g/mol. The van der Waals surface area contributed by atoms with Gasteiger partial charge in [0.2, 0.25) is 0 Å². The molecular weight excluding hydrogens is 290 g/mol. The number of nitrogens with zero attached hydrogens (tertiary/aromatic N) is 1. The number of carboxylic acids is 1. The lowest BCUT2D eigenvalue weighted by molar-refractivity contribution is 0.0697. The van der Waals surface area contributed by atoms with E-state index in [-0.39, 0.29) is 5.56 Å². The molecule has 3 N–H and O–H groups in total. The Bertz CT molecular complexity index is 696. The van der Waals surface area contributed by atoms with Gasteiger partial charge in [0.05, 0.1) is 5.56 Å². The average molecular weight is 307 g/mol. The second kappa shape index (κ2) is 5.61. The molecule has 7 heteroatoms. The number of rotatable bonds is 3. The zero-order valence-corrected chi connectivity index (χ0v) is 13.1. The summed E-state index contributed by atoms with van der Waals surface area (Å²) in [7, 11) is 0. The summed E-state index contributed by atoms with van der Waals surface area (Å²) in [5.41, 5.74) is 5.28. The Balaban J connectivity index is 2.21. The van der Waals surface area contributed by atoms with Crippen LogP contribution in [-0.4, -0.2) is 21.8 Å². The van der Waals surface area contributed by atoms with Crippen molar-refractivity contribution in [3.8, 4) is 0 Å². The molecule has 2 aromatic rings. The summed E-state index contributed by atoms with van der Waals surface area (Å²) in [5, 5.41) is 12.2. The van der Waals surface area contributed by atoms with Gasteiger partial charge < -0.3 is 5.11 Å². The molecule has 112 valence electrons. The Morgan fingerprint density at radius 3 is 2.24 bits per heavy atom. The molecule has 0 fully saturated rings. The van der Waals surface area contributed by atoms with Crippen molar-refractivity contribution in [1.29, 1.82) is 0 Å². The number of carbonyl (C=O) groups excluding carboxylic acids is 1. The number of hydrogen-bond acceptors (Lipinski definition) is 3. The van der Waals surface area contributed by atoms with E-state index in [2.05, 4.69) is 10.7 Å². The van der Waals surface area contributed by atoms with Crippen LogP contribution >= 0.6 is 11.3 Å². The summed E-state index contributed by atoms with van der Waals surface area (Å²) in [6.07, 6.45) is 0. The second-order valence-corrected chi connectivity index (χ2v) is 6.03. The third-order valence-electron chi connectivity index (χ3n) is 3.31. The van der Waals surface area contributed by atoms with Gasteiger partial charge in [-0.25, -0.2) is 15.0 Å². The molecule has 6 nitrogen and oxygen atoms in total. The van der Waals surface area contributed by atoms with Crippen molar-refractivity contribution in [1.82, 2.24) is 4.68 Å². The van der Waals surface area contributed by atoms with Crippen molar-refractivity contribution in [2.75, 3.05) is 10.7 Å². The van der Waals surface area contributed by atoms with Crippen molar-refractivity contribution in [3.63, 3.8) is 0 Å². The maximum absolute atomic E-state index is 12.1. The minimum Gasteiger partial charge on any atom is -0.478 e. The number of carbonyl (C=O) groups is 2. The minimum absolute atomic E-state index is 0.147. The zero-order valence-electron chi connectivity index (χ0n) is 12.3. The van der Waals surface area contributed by atoms with Gasteiger partial charge in [-0.2, -0.15) is 0 Å². The van der Waals surface area contributed by atoms with Gasteiger partial charge in [0, 0.05) is 16.3 Å². The lowest BCUT2D eigenvalue weighted by atomic mass is 10.1. The van der Waals surface area contributed by atoms with Crippen LogP contribution in [0.5, 0.6) is 0 Å². The lowest BCUT2D eigenvalue weighted by Gasteiger charge is -2.12. The second-order valence-electron chi connectivity index (χ2n) is 4.81. The highest BCUT2D eigenvalue weighted by atomic mass is 32.1. The van der Waals surface area contributed by atoms with Crippen LogP contribution in [0, 0.1) is 27.7 Å².